The lowest BCUT2D eigenvalue weighted by Crippen LogP contribution is -2.04. The molecule has 0 atom stereocenters. The summed E-state index contributed by atoms with van der Waals surface area (Å²) >= 11 is 5.74. The summed E-state index contributed by atoms with van der Waals surface area (Å²) in [6, 6.07) is 11.2. The molecular weight excluding hydrogens is 346 g/mol. The van der Waals surface area contributed by atoms with Gasteiger partial charge >= 0.3 is 0 Å². The minimum atomic E-state index is -0.621. The zero-order chi connectivity index (χ0) is 18.2. The van der Waals surface area contributed by atoms with Gasteiger partial charge in [-0.25, -0.2) is 0 Å². The summed E-state index contributed by atoms with van der Waals surface area (Å²) in [4.78, 5) is 22.5. The molecule has 0 heterocycles. The van der Waals surface area contributed by atoms with Crippen molar-refractivity contribution in [2.45, 2.75) is 0 Å². The van der Waals surface area contributed by atoms with E-state index in [1.165, 1.54) is 24.3 Å². The number of rotatable bonds is 8. The Bertz CT molecular complexity index is 804. The van der Waals surface area contributed by atoms with Crippen molar-refractivity contribution < 1.29 is 19.2 Å². The van der Waals surface area contributed by atoms with Crippen LogP contribution in [0.15, 0.2) is 48.5 Å². The molecular formula is C18H16ClNO5. The number of ether oxygens (including phenoxy) is 2. The van der Waals surface area contributed by atoms with Crippen LogP contribution in [0.5, 0.6) is 5.75 Å². The number of carbonyl (C=O) groups excluding carboxylic acids is 1. The summed E-state index contributed by atoms with van der Waals surface area (Å²) in [5.41, 5.74) is 0.668. The molecule has 0 aromatic heterocycles. The third kappa shape index (κ3) is 5.41. The molecule has 0 saturated carbocycles. The molecule has 0 radical (unpaired) electrons. The Morgan fingerprint density at radius 3 is 2.76 bits per heavy atom. The molecule has 2 rings (SSSR count). The van der Waals surface area contributed by atoms with E-state index in [1.807, 2.05) is 6.07 Å². The Kier molecular flexibility index (Phi) is 6.68. The third-order valence-electron chi connectivity index (χ3n) is 3.27. The number of nitrogens with zero attached hydrogens (tertiary/aromatic N) is 1. The van der Waals surface area contributed by atoms with E-state index < -0.39 is 4.92 Å². The van der Waals surface area contributed by atoms with Gasteiger partial charge in [0, 0.05) is 18.7 Å². The zero-order valence-electron chi connectivity index (χ0n) is 13.5. The molecule has 2 aromatic carbocycles. The average molecular weight is 362 g/mol. The zero-order valence-corrected chi connectivity index (χ0v) is 14.2. The SMILES string of the molecule is COCCOc1cccc(/C=C/C(=O)c2ccc(Cl)c([N+](=O)[O-])c2)c1. The van der Waals surface area contributed by atoms with Crippen molar-refractivity contribution in [3.05, 3.63) is 74.8 Å². The van der Waals surface area contributed by atoms with Crippen LogP contribution in [0.1, 0.15) is 15.9 Å². The lowest BCUT2D eigenvalue weighted by atomic mass is 10.1. The maximum absolute atomic E-state index is 12.2. The molecule has 0 aliphatic heterocycles. The molecule has 0 aliphatic carbocycles. The van der Waals surface area contributed by atoms with Gasteiger partial charge in [0.15, 0.2) is 5.78 Å². The van der Waals surface area contributed by atoms with E-state index in [1.54, 1.807) is 31.4 Å². The van der Waals surface area contributed by atoms with Crippen molar-refractivity contribution in [1.29, 1.82) is 0 Å². The molecule has 0 N–H and O–H groups in total. The van der Waals surface area contributed by atoms with E-state index in [0.29, 0.717) is 19.0 Å². The molecule has 0 bridgehead atoms. The number of halogens is 1. The first-order valence-electron chi connectivity index (χ1n) is 7.39. The summed E-state index contributed by atoms with van der Waals surface area (Å²) in [6.45, 7) is 0.908. The van der Waals surface area contributed by atoms with Crippen LogP contribution in [0.2, 0.25) is 5.02 Å². The van der Waals surface area contributed by atoms with Gasteiger partial charge in [0.25, 0.3) is 5.69 Å². The molecule has 0 saturated heterocycles. The quantitative estimate of drug-likeness (QED) is 0.232. The number of benzene rings is 2. The number of methoxy groups -OCH3 is 1. The number of carbonyl (C=O) groups is 1. The maximum Gasteiger partial charge on any atom is 0.288 e. The van der Waals surface area contributed by atoms with E-state index in [0.717, 1.165) is 5.56 Å². The van der Waals surface area contributed by atoms with E-state index in [4.69, 9.17) is 21.1 Å². The predicted molar refractivity (Wildman–Crippen MR) is 95.3 cm³/mol. The van der Waals surface area contributed by atoms with Crippen LogP contribution in [0.4, 0.5) is 5.69 Å². The lowest BCUT2D eigenvalue weighted by Gasteiger charge is -2.05. The smallest absolute Gasteiger partial charge is 0.288 e. The van der Waals surface area contributed by atoms with Gasteiger partial charge in [0.2, 0.25) is 0 Å². The lowest BCUT2D eigenvalue weighted by molar-refractivity contribution is -0.384. The van der Waals surface area contributed by atoms with E-state index >= 15 is 0 Å². The molecule has 0 spiro atoms. The fraction of sp³-hybridized carbons (Fsp3) is 0.167. The molecule has 6 nitrogen and oxygen atoms in total. The van der Waals surface area contributed by atoms with Crippen LogP contribution < -0.4 is 4.74 Å². The molecule has 2 aromatic rings. The van der Waals surface area contributed by atoms with Crippen molar-refractivity contribution in [3.63, 3.8) is 0 Å². The first-order valence-corrected chi connectivity index (χ1v) is 7.77. The Labute approximate surface area is 149 Å². The highest BCUT2D eigenvalue weighted by Crippen LogP contribution is 2.25. The van der Waals surface area contributed by atoms with Gasteiger partial charge in [0.1, 0.15) is 17.4 Å². The highest BCUT2D eigenvalue weighted by Gasteiger charge is 2.15. The van der Waals surface area contributed by atoms with Crippen molar-refractivity contribution >= 4 is 29.1 Å². The van der Waals surface area contributed by atoms with Gasteiger partial charge in [-0.05, 0) is 35.9 Å². The summed E-state index contributed by atoms with van der Waals surface area (Å²) in [7, 11) is 1.59. The Hall–Kier alpha value is -2.70. The normalized spacial score (nSPS) is 10.8. The Morgan fingerprint density at radius 2 is 2.04 bits per heavy atom. The number of ketones is 1. The highest BCUT2D eigenvalue weighted by molar-refractivity contribution is 6.32. The van der Waals surface area contributed by atoms with Crippen LogP contribution >= 0.6 is 11.6 Å². The van der Waals surface area contributed by atoms with Gasteiger partial charge < -0.3 is 9.47 Å². The van der Waals surface area contributed by atoms with Gasteiger partial charge in [-0.1, -0.05) is 29.8 Å². The first kappa shape index (κ1) is 18.6. The second-order valence-corrected chi connectivity index (χ2v) is 5.44. The predicted octanol–water partition coefficient (Wildman–Crippen LogP) is 4.17. The second kappa shape index (κ2) is 8.96. The van der Waals surface area contributed by atoms with E-state index in [2.05, 4.69) is 0 Å². The monoisotopic (exact) mass is 361 g/mol. The molecule has 0 aliphatic rings. The van der Waals surface area contributed by atoms with Crippen LogP contribution in [0.3, 0.4) is 0 Å². The molecule has 25 heavy (non-hydrogen) atoms. The Balaban J connectivity index is 2.11. The van der Waals surface area contributed by atoms with Crippen LogP contribution in [-0.4, -0.2) is 31.0 Å². The van der Waals surface area contributed by atoms with Gasteiger partial charge in [-0.3, -0.25) is 14.9 Å². The largest absolute Gasteiger partial charge is 0.491 e. The van der Waals surface area contributed by atoms with Crippen LogP contribution in [0.25, 0.3) is 6.08 Å². The fourth-order valence-corrected chi connectivity index (χ4v) is 2.21. The number of nitro benzene ring substituents is 1. The van der Waals surface area contributed by atoms with E-state index in [9.17, 15) is 14.9 Å². The number of hydrogen-bond acceptors (Lipinski definition) is 5. The summed E-state index contributed by atoms with van der Waals surface area (Å²) < 4.78 is 10.4. The molecule has 0 unspecified atom stereocenters. The van der Waals surface area contributed by atoms with Gasteiger partial charge in [0.05, 0.1) is 11.5 Å². The molecule has 130 valence electrons. The highest BCUT2D eigenvalue weighted by atomic mass is 35.5. The summed E-state index contributed by atoms with van der Waals surface area (Å²) in [5, 5.41) is 10.9. The molecule has 0 fully saturated rings. The van der Waals surface area contributed by atoms with Crippen LogP contribution in [-0.2, 0) is 4.74 Å². The molecule has 0 amide bonds. The first-order chi connectivity index (χ1) is 12.0. The topological polar surface area (TPSA) is 78.7 Å². The number of hydrogen-bond donors (Lipinski definition) is 0. The minimum Gasteiger partial charge on any atom is -0.491 e. The maximum atomic E-state index is 12.2. The fourth-order valence-electron chi connectivity index (χ4n) is 2.02. The van der Waals surface area contributed by atoms with Crippen molar-refractivity contribution in [3.8, 4) is 5.75 Å². The standard InChI is InChI=1S/C18H16ClNO5/c1-24-9-10-25-15-4-2-3-13(11-15)5-8-18(21)14-6-7-16(19)17(12-14)20(22)23/h2-8,11-12H,9-10H2,1H3/b8-5+. The summed E-state index contributed by atoms with van der Waals surface area (Å²) in [5.74, 6) is 0.305. The van der Waals surface area contributed by atoms with Crippen molar-refractivity contribution in [1.82, 2.24) is 0 Å². The van der Waals surface area contributed by atoms with Crippen molar-refractivity contribution in [2.75, 3.05) is 20.3 Å². The van der Waals surface area contributed by atoms with Gasteiger partial charge in [-0.2, -0.15) is 0 Å². The van der Waals surface area contributed by atoms with E-state index in [-0.39, 0.29) is 22.1 Å². The number of nitro groups is 1. The minimum absolute atomic E-state index is 0.00793. The Morgan fingerprint density at radius 1 is 1.24 bits per heavy atom. The third-order valence-corrected chi connectivity index (χ3v) is 3.59. The average Bonchev–Trinajstić information content (AvgIpc) is 2.60. The van der Waals surface area contributed by atoms with Crippen LogP contribution in [0, 0.1) is 10.1 Å². The van der Waals surface area contributed by atoms with Gasteiger partial charge in [-0.15, -0.1) is 0 Å². The molecule has 7 heteroatoms. The number of allylic oxidation sites excluding steroid dienone is 1. The van der Waals surface area contributed by atoms with Crippen molar-refractivity contribution in [2.24, 2.45) is 0 Å². The second-order valence-electron chi connectivity index (χ2n) is 5.03. The summed E-state index contributed by atoms with van der Waals surface area (Å²) in [6.07, 6.45) is 2.97.